The summed E-state index contributed by atoms with van der Waals surface area (Å²) in [6.07, 6.45) is 2.11. The molecular formula is C25H28N6O4S. The minimum Gasteiger partial charge on any atom is -0.492 e. The largest absolute Gasteiger partial charge is 0.492 e. The summed E-state index contributed by atoms with van der Waals surface area (Å²) in [4.78, 5) is 29.1. The van der Waals surface area contributed by atoms with Crippen LogP contribution in [0.25, 0.3) is 0 Å². The number of carbonyl (C=O) groups is 1. The third-order valence-corrected chi connectivity index (χ3v) is 6.59. The Balaban J connectivity index is 1.73. The van der Waals surface area contributed by atoms with Crippen LogP contribution < -0.4 is 15.4 Å². The molecule has 0 bridgehead atoms. The number of benzene rings is 2. The van der Waals surface area contributed by atoms with Crippen molar-refractivity contribution < 1.29 is 14.5 Å². The molecule has 1 aromatic heterocycles. The van der Waals surface area contributed by atoms with Crippen LogP contribution in [0, 0.1) is 10.1 Å². The molecule has 1 aliphatic rings. The van der Waals surface area contributed by atoms with Gasteiger partial charge >= 0.3 is 0 Å². The van der Waals surface area contributed by atoms with E-state index < -0.39 is 11.0 Å². The Labute approximate surface area is 213 Å². The summed E-state index contributed by atoms with van der Waals surface area (Å²) in [7, 11) is 0. The number of amides is 1. The van der Waals surface area contributed by atoms with Crippen LogP contribution in [0.1, 0.15) is 45.2 Å². The van der Waals surface area contributed by atoms with Gasteiger partial charge in [-0.15, -0.1) is 5.10 Å². The van der Waals surface area contributed by atoms with E-state index in [9.17, 15) is 14.9 Å². The maximum absolute atomic E-state index is 13.7. The molecule has 2 aromatic carbocycles. The average Bonchev–Trinajstić information content (AvgIpc) is 3.27. The predicted octanol–water partition coefficient (Wildman–Crippen LogP) is 5.40. The summed E-state index contributed by atoms with van der Waals surface area (Å²) >= 11 is 1.56. The van der Waals surface area contributed by atoms with E-state index in [1.807, 2.05) is 26.0 Å². The lowest BCUT2D eigenvalue weighted by Gasteiger charge is -2.28. The Morgan fingerprint density at radius 2 is 1.97 bits per heavy atom. The summed E-state index contributed by atoms with van der Waals surface area (Å²) in [5, 5.41) is 22.7. The molecule has 0 radical (unpaired) electrons. The highest BCUT2D eigenvalue weighted by Crippen LogP contribution is 2.38. The first-order valence-corrected chi connectivity index (χ1v) is 12.8. The zero-order valence-electron chi connectivity index (χ0n) is 20.4. The lowest BCUT2D eigenvalue weighted by atomic mass is 9.95. The number of thioether (sulfide) groups is 1. The predicted molar refractivity (Wildman–Crippen MR) is 139 cm³/mol. The minimum atomic E-state index is -0.630. The Morgan fingerprint density at radius 3 is 2.67 bits per heavy atom. The van der Waals surface area contributed by atoms with E-state index in [1.54, 1.807) is 40.7 Å². The van der Waals surface area contributed by atoms with Gasteiger partial charge in [-0.25, -0.2) is 4.68 Å². The van der Waals surface area contributed by atoms with Crippen LogP contribution in [0.15, 0.2) is 65.0 Å². The number of nitro benzene ring substituents is 1. The van der Waals surface area contributed by atoms with Crippen LogP contribution in [0.5, 0.6) is 5.75 Å². The maximum Gasteiger partial charge on any atom is 0.269 e. The first-order chi connectivity index (χ1) is 17.4. The molecule has 4 rings (SSSR count). The fraction of sp³-hybridized carbons (Fsp3) is 0.320. The highest BCUT2D eigenvalue weighted by molar-refractivity contribution is 7.99. The van der Waals surface area contributed by atoms with Gasteiger partial charge in [0.2, 0.25) is 11.1 Å². The number of fused-ring (bicyclic) bond motifs is 1. The lowest BCUT2D eigenvalue weighted by Crippen LogP contribution is -2.31. The van der Waals surface area contributed by atoms with Gasteiger partial charge in [0.1, 0.15) is 11.8 Å². The van der Waals surface area contributed by atoms with E-state index in [2.05, 4.69) is 22.5 Å². The molecule has 1 unspecified atom stereocenters. The number of rotatable bonds is 10. The van der Waals surface area contributed by atoms with Crippen molar-refractivity contribution >= 4 is 35.0 Å². The Bertz CT molecular complexity index is 1290. The molecule has 2 N–H and O–H groups in total. The molecule has 36 heavy (non-hydrogen) atoms. The molecule has 10 nitrogen and oxygen atoms in total. The van der Waals surface area contributed by atoms with Crippen LogP contribution in [0.4, 0.5) is 17.3 Å². The first-order valence-electron chi connectivity index (χ1n) is 11.8. The lowest BCUT2D eigenvalue weighted by molar-refractivity contribution is -0.384. The van der Waals surface area contributed by atoms with Crippen LogP contribution in [0.2, 0.25) is 0 Å². The zero-order chi connectivity index (χ0) is 25.7. The normalized spacial score (nSPS) is 14.7. The van der Waals surface area contributed by atoms with Crippen molar-refractivity contribution in [1.82, 2.24) is 14.8 Å². The SMILES string of the molecule is CCCCSc1nc2n(n1)C(c1ccc([N+](=O)[O-])cc1)C(C(=O)Nc1ccccc1OCC)=C(C)N2. The van der Waals surface area contributed by atoms with E-state index in [-0.39, 0.29) is 11.6 Å². The highest BCUT2D eigenvalue weighted by Gasteiger charge is 2.35. The number of hydrogen-bond donors (Lipinski definition) is 2. The molecule has 1 aliphatic heterocycles. The number of nitro groups is 1. The van der Waals surface area contributed by atoms with Gasteiger partial charge in [0.05, 0.1) is 22.8 Å². The summed E-state index contributed by atoms with van der Waals surface area (Å²) < 4.78 is 7.34. The molecule has 0 fully saturated rings. The van der Waals surface area contributed by atoms with Crippen LogP contribution in [-0.4, -0.2) is 38.0 Å². The molecule has 11 heteroatoms. The van der Waals surface area contributed by atoms with Crippen LogP contribution in [-0.2, 0) is 4.79 Å². The Kier molecular flexibility index (Phi) is 7.89. The number of anilines is 2. The number of aromatic nitrogens is 3. The van der Waals surface area contributed by atoms with Crippen LogP contribution in [0.3, 0.4) is 0 Å². The van der Waals surface area contributed by atoms with Gasteiger partial charge < -0.3 is 15.4 Å². The number of carbonyl (C=O) groups excluding carboxylic acids is 1. The number of unbranched alkanes of at least 4 members (excludes halogenated alkanes) is 1. The van der Waals surface area contributed by atoms with Gasteiger partial charge in [-0.3, -0.25) is 14.9 Å². The fourth-order valence-electron chi connectivity index (χ4n) is 3.92. The van der Waals surface area contributed by atoms with Gasteiger partial charge in [-0.05, 0) is 50.1 Å². The number of non-ortho nitro benzene ring substituents is 1. The van der Waals surface area contributed by atoms with Gasteiger partial charge in [-0.2, -0.15) is 4.98 Å². The van der Waals surface area contributed by atoms with E-state index in [1.165, 1.54) is 12.1 Å². The quantitative estimate of drug-likeness (QED) is 0.161. The van der Waals surface area contributed by atoms with Gasteiger partial charge in [0.15, 0.2) is 0 Å². The second kappa shape index (κ2) is 11.3. The van der Waals surface area contributed by atoms with Crippen molar-refractivity contribution in [2.24, 2.45) is 0 Å². The Morgan fingerprint density at radius 1 is 1.22 bits per heavy atom. The van der Waals surface area contributed by atoms with Crippen molar-refractivity contribution in [3.8, 4) is 5.75 Å². The number of hydrogen-bond acceptors (Lipinski definition) is 8. The number of nitrogens with zero attached hydrogens (tertiary/aromatic N) is 4. The van der Waals surface area contributed by atoms with E-state index in [0.717, 1.165) is 18.6 Å². The van der Waals surface area contributed by atoms with E-state index in [4.69, 9.17) is 9.84 Å². The minimum absolute atomic E-state index is 0.0281. The van der Waals surface area contributed by atoms with Crippen molar-refractivity contribution in [3.63, 3.8) is 0 Å². The maximum atomic E-state index is 13.7. The number of ether oxygens (including phenoxy) is 1. The smallest absolute Gasteiger partial charge is 0.269 e. The number of nitrogens with one attached hydrogen (secondary N) is 2. The molecule has 3 aromatic rings. The number of para-hydroxylation sites is 2. The first kappa shape index (κ1) is 25.2. The van der Waals surface area contributed by atoms with Crippen molar-refractivity contribution in [3.05, 3.63) is 75.5 Å². The van der Waals surface area contributed by atoms with E-state index in [0.29, 0.717) is 46.0 Å². The second-order valence-electron chi connectivity index (χ2n) is 8.16. The molecular weight excluding hydrogens is 480 g/mol. The van der Waals surface area contributed by atoms with E-state index >= 15 is 0 Å². The average molecular weight is 509 g/mol. The van der Waals surface area contributed by atoms with Gasteiger partial charge in [-0.1, -0.05) is 37.2 Å². The molecule has 1 atom stereocenters. The molecule has 2 heterocycles. The summed E-state index contributed by atoms with van der Waals surface area (Å²) in [6, 6.07) is 12.8. The van der Waals surface area contributed by atoms with Crippen LogP contribution >= 0.6 is 11.8 Å². The molecule has 0 aliphatic carbocycles. The number of allylic oxidation sites excluding steroid dienone is 1. The summed E-state index contributed by atoms with van der Waals surface area (Å²) in [6.45, 7) is 6.27. The van der Waals surface area contributed by atoms with Gasteiger partial charge in [0, 0.05) is 23.6 Å². The third kappa shape index (κ3) is 5.35. The Hall–Kier alpha value is -3.86. The molecule has 0 saturated heterocycles. The zero-order valence-corrected chi connectivity index (χ0v) is 21.2. The van der Waals surface area contributed by atoms with Crippen molar-refractivity contribution in [2.45, 2.75) is 44.8 Å². The second-order valence-corrected chi connectivity index (χ2v) is 9.22. The molecule has 1 amide bonds. The summed E-state index contributed by atoms with van der Waals surface area (Å²) in [5.74, 6) is 1.63. The van der Waals surface area contributed by atoms with Crippen molar-refractivity contribution in [2.75, 3.05) is 23.0 Å². The highest BCUT2D eigenvalue weighted by atomic mass is 32.2. The fourth-order valence-corrected chi connectivity index (χ4v) is 4.83. The third-order valence-electron chi connectivity index (χ3n) is 5.66. The standard InChI is InChI=1S/C25H28N6O4S/c1-4-6-15-36-25-28-24-26-16(3)21(23(32)27-19-9-7-8-10-20(19)35-5-2)22(30(24)29-25)17-11-13-18(14-12-17)31(33)34/h7-14,22H,4-6,15H2,1-3H3,(H,27,32)(H,26,28,29). The van der Waals surface area contributed by atoms with Crippen molar-refractivity contribution in [1.29, 1.82) is 0 Å². The van der Waals surface area contributed by atoms with Gasteiger partial charge in [0.25, 0.3) is 11.6 Å². The summed E-state index contributed by atoms with van der Waals surface area (Å²) in [5.41, 5.74) is 2.25. The molecule has 0 saturated carbocycles. The molecule has 0 spiro atoms. The molecule has 188 valence electrons. The monoisotopic (exact) mass is 508 g/mol. The topological polar surface area (TPSA) is 124 Å².